The Balaban J connectivity index is 1.58. The van der Waals surface area contributed by atoms with Crippen LogP contribution in [-0.2, 0) is 0 Å². The van der Waals surface area contributed by atoms with Gasteiger partial charge in [0.15, 0.2) is 0 Å². The topological polar surface area (TPSA) is 74.6 Å². The summed E-state index contributed by atoms with van der Waals surface area (Å²) < 4.78 is 0. The third-order valence-electron chi connectivity index (χ3n) is 4.51. The summed E-state index contributed by atoms with van der Waals surface area (Å²) in [4.78, 5) is 16.8. The summed E-state index contributed by atoms with van der Waals surface area (Å²) in [5, 5.41) is 17.0. The van der Waals surface area contributed by atoms with Crippen LogP contribution in [0.5, 0.6) is 5.75 Å². The quantitative estimate of drug-likeness (QED) is 0.299. The Labute approximate surface area is 166 Å². The second-order valence-electron chi connectivity index (χ2n) is 6.43. The molecule has 5 nitrogen and oxygen atoms in total. The van der Waals surface area contributed by atoms with Gasteiger partial charge in [-0.2, -0.15) is 5.10 Å². The largest absolute Gasteiger partial charge is 0.507 e. The van der Waals surface area contributed by atoms with Crippen molar-refractivity contribution in [2.45, 2.75) is 6.92 Å². The first-order chi connectivity index (χ1) is 13.5. The number of pyridine rings is 1. The minimum absolute atomic E-state index is 0.104. The van der Waals surface area contributed by atoms with Crippen molar-refractivity contribution in [2.24, 2.45) is 5.10 Å². The van der Waals surface area contributed by atoms with Crippen LogP contribution < -0.4 is 5.43 Å². The van der Waals surface area contributed by atoms with E-state index in [0.29, 0.717) is 10.7 Å². The third kappa shape index (κ3) is 3.40. The number of aryl methyl sites for hydroxylation is 1. The smallest absolute Gasteiger partial charge is 0.275 e. The molecule has 0 unspecified atom stereocenters. The lowest BCUT2D eigenvalue weighted by Crippen LogP contribution is -2.17. The lowest BCUT2D eigenvalue weighted by atomic mass is 10.1. The number of amides is 1. The van der Waals surface area contributed by atoms with E-state index in [2.05, 4.69) is 15.5 Å². The minimum Gasteiger partial charge on any atom is -0.507 e. The van der Waals surface area contributed by atoms with Gasteiger partial charge < -0.3 is 5.11 Å². The van der Waals surface area contributed by atoms with Gasteiger partial charge in [0.05, 0.1) is 17.3 Å². The molecular weight excluding hydrogens is 374 g/mol. The zero-order chi connectivity index (χ0) is 19.7. The molecule has 0 saturated heterocycles. The standard InChI is InChI=1S/C22H16ClN3O2/c1-13-5-4-8-16-9-17(21(23)25-20(13)16)12-24-26-22(28)18-10-14-6-2-3-7-15(14)11-19(18)27/h2-12,27H,1H3,(H,26,28). The van der Waals surface area contributed by atoms with Crippen LogP contribution in [0.15, 0.2) is 65.8 Å². The number of rotatable bonds is 3. The highest BCUT2D eigenvalue weighted by Gasteiger charge is 2.12. The number of halogens is 1. The molecular formula is C22H16ClN3O2. The number of para-hydroxylation sites is 1. The van der Waals surface area contributed by atoms with E-state index in [9.17, 15) is 9.90 Å². The average molecular weight is 390 g/mol. The first kappa shape index (κ1) is 17.9. The van der Waals surface area contributed by atoms with Crippen LogP contribution in [0.2, 0.25) is 5.15 Å². The molecule has 0 spiro atoms. The molecule has 0 aliphatic heterocycles. The van der Waals surface area contributed by atoms with E-state index in [1.807, 2.05) is 55.5 Å². The van der Waals surface area contributed by atoms with Crippen molar-refractivity contribution in [2.75, 3.05) is 0 Å². The van der Waals surface area contributed by atoms with E-state index < -0.39 is 5.91 Å². The number of hydrogen-bond donors (Lipinski definition) is 2. The molecule has 6 heteroatoms. The highest BCUT2D eigenvalue weighted by molar-refractivity contribution is 6.32. The molecule has 1 aromatic heterocycles. The SMILES string of the molecule is Cc1cccc2cc(C=NNC(=O)c3cc4ccccc4cc3O)c(Cl)nc12. The maximum atomic E-state index is 12.4. The van der Waals surface area contributed by atoms with Gasteiger partial charge in [0.2, 0.25) is 0 Å². The molecule has 0 radical (unpaired) electrons. The van der Waals surface area contributed by atoms with Gasteiger partial charge in [-0.05, 0) is 41.5 Å². The van der Waals surface area contributed by atoms with Crippen molar-refractivity contribution in [3.63, 3.8) is 0 Å². The van der Waals surface area contributed by atoms with E-state index in [0.717, 1.165) is 27.2 Å². The first-order valence-electron chi connectivity index (χ1n) is 8.64. The molecule has 0 aliphatic carbocycles. The van der Waals surface area contributed by atoms with Crippen LogP contribution >= 0.6 is 11.6 Å². The third-order valence-corrected chi connectivity index (χ3v) is 4.81. The summed E-state index contributed by atoms with van der Waals surface area (Å²) in [5.41, 5.74) is 5.02. The van der Waals surface area contributed by atoms with Crippen LogP contribution in [0.25, 0.3) is 21.7 Å². The minimum atomic E-state index is -0.514. The van der Waals surface area contributed by atoms with Crippen molar-refractivity contribution < 1.29 is 9.90 Å². The maximum absolute atomic E-state index is 12.4. The molecule has 4 rings (SSSR count). The molecule has 28 heavy (non-hydrogen) atoms. The van der Waals surface area contributed by atoms with Crippen molar-refractivity contribution in [3.05, 3.63) is 82.5 Å². The molecule has 4 aromatic rings. The summed E-state index contributed by atoms with van der Waals surface area (Å²) >= 11 is 6.24. The zero-order valence-electron chi connectivity index (χ0n) is 15.0. The van der Waals surface area contributed by atoms with Crippen molar-refractivity contribution in [1.29, 1.82) is 0 Å². The monoisotopic (exact) mass is 389 g/mol. The predicted octanol–water partition coefficient (Wildman–Crippen LogP) is 4.82. The Morgan fingerprint density at radius 3 is 2.57 bits per heavy atom. The zero-order valence-corrected chi connectivity index (χ0v) is 15.7. The number of benzene rings is 3. The van der Waals surface area contributed by atoms with Gasteiger partial charge in [-0.15, -0.1) is 0 Å². The number of nitrogens with one attached hydrogen (secondary N) is 1. The number of nitrogens with zero attached hydrogens (tertiary/aromatic N) is 2. The number of fused-ring (bicyclic) bond motifs is 2. The van der Waals surface area contributed by atoms with E-state index in [-0.39, 0.29) is 11.3 Å². The van der Waals surface area contributed by atoms with Gasteiger partial charge in [-0.1, -0.05) is 54.1 Å². The van der Waals surface area contributed by atoms with Crippen molar-refractivity contribution in [1.82, 2.24) is 10.4 Å². The second kappa shape index (κ2) is 7.29. The highest BCUT2D eigenvalue weighted by Crippen LogP contribution is 2.25. The number of phenols is 1. The fraction of sp³-hybridized carbons (Fsp3) is 0.0455. The maximum Gasteiger partial charge on any atom is 0.275 e. The summed E-state index contributed by atoms with van der Waals surface area (Å²) in [6.45, 7) is 1.97. The number of carbonyl (C=O) groups is 1. The normalized spacial score (nSPS) is 11.4. The fourth-order valence-corrected chi connectivity index (χ4v) is 3.25. The summed E-state index contributed by atoms with van der Waals surface area (Å²) in [6, 6.07) is 18.4. The summed E-state index contributed by atoms with van der Waals surface area (Å²) in [6.07, 6.45) is 1.44. The van der Waals surface area contributed by atoms with Crippen LogP contribution in [0.4, 0.5) is 0 Å². The molecule has 0 aliphatic rings. The Morgan fingerprint density at radius 2 is 1.79 bits per heavy atom. The molecule has 2 N–H and O–H groups in total. The van der Waals surface area contributed by atoms with Gasteiger partial charge in [-0.25, -0.2) is 10.4 Å². The van der Waals surface area contributed by atoms with E-state index in [1.165, 1.54) is 6.21 Å². The lowest BCUT2D eigenvalue weighted by Gasteiger charge is -2.06. The predicted molar refractivity (Wildman–Crippen MR) is 112 cm³/mol. The van der Waals surface area contributed by atoms with Crippen molar-refractivity contribution >= 4 is 45.4 Å². The van der Waals surface area contributed by atoms with Crippen LogP contribution in [0, 0.1) is 6.92 Å². The number of aromatic nitrogens is 1. The van der Waals surface area contributed by atoms with Crippen molar-refractivity contribution in [3.8, 4) is 5.75 Å². The lowest BCUT2D eigenvalue weighted by molar-refractivity contribution is 0.0952. The summed E-state index contributed by atoms with van der Waals surface area (Å²) in [7, 11) is 0. The van der Waals surface area contributed by atoms with E-state index >= 15 is 0 Å². The van der Waals surface area contributed by atoms with Gasteiger partial charge in [-0.3, -0.25) is 4.79 Å². The second-order valence-corrected chi connectivity index (χ2v) is 6.79. The molecule has 138 valence electrons. The number of aromatic hydroxyl groups is 1. The molecule has 0 saturated carbocycles. The highest BCUT2D eigenvalue weighted by atomic mass is 35.5. The van der Waals surface area contributed by atoms with Crippen LogP contribution in [0.3, 0.4) is 0 Å². The Hall–Kier alpha value is -3.44. The Bertz CT molecular complexity index is 1250. The van der Waals surface area contributed by atoms with Crippen LogP contribution in [0.1, 0.15) is 21.5 Å². The van der Waals surface area contributed by atoms with Crippen LogP contribution in [-0.4, -0.2) is 22.2 Å². The Kier molecular flexibility index (Phi) is 4.67. The molecule has 3 aromatic carbocycles. The molecule has 1 amide bonds. The molecule has 0 bridgehead atoms. The number of phenolic OH excluding ortho intramolecular Hbond substituents is 1. The first-order valence-corrected chi connectivity index (χ1v) is 9.02. The summed E-state index contributed by atoms with van der Waals surface area (Å²) in [5.74, 6) is -0.618. The number of hydrogen-bond acceptors (Lipinski definition) is 4. The average Bonchev–Trinajstić information content (AvgIpc) is 2.68. The van der Waals surface area contributed by atoms with Gasteiger partial charge in [0, 0.05) is 10.9 Å². The number of carbonyl (C=O) groups excluding carboxylic acids is 1. The number of hydrazone groups is 1. The molecule has 0 atom stereocenters. The van der Waals surface area contributed by atoms with Gasteiger partial charge >= 0.3 is 0 Å². The molecule has 1 heterocycles. The van der Waals surface area contributed by atoms with Gasteiger partial charge in [0.1, 0.15) is 10.9 Å². The van der Waals surface area contributed by atoms with Gasteiger partial charge in [0.25, 0.3) is 5.91 Å². The fourth-order valence-electron chi connectivity index (χ4n) is 3.06. The molecule has 0 fully saturated rings. The van der Waals surface area contributed by atoms with E-state index in [4.69, 9.17) is 11.6 Å². The Morgan fingerprint density at radius 1 is 1.07 bits per heavy atom. The van der Waals surface area contributed by atoms with E-state index in [1.54, 1.807) is 12.1 Å².